The highest BCUT2D eigenvalue weighted by Crippen LogP contribution is 2.36. The number of rotatable bonds is 6. The van der Waals surface area contributed by atoms with Crippen LogP contribution in [-0.2, 0) is 0 Å². The van der Waals surface area contributed by atoms with Gasteiger partial charge in [-0.3, -0.25) is 9.20 Å². The second-order valence-corrected chi connectivity index (χ2v) is 8.33. The molecule has 0 atom stereocenters. The topological polar surface area (TPSA) is 107 Å². The Morgan fingerprint density at radius 3 is 2.84 bits per heavy atom. The van der Waals surface area contributed by atoms with Crippen LogP contribution < -0.4 is 10.1 Å². The number of aryl methyl sites for hydroxylation is 1. The number of benzene rings is 1. The van der Waals surface area contributed by atoms with E-state index in [-0.39, 0.29) is 12.0 Å². The average Bonchev–Trinajstić information content (AvgIpc) is 3.35. The molecule has 1 aliphatic carbocycles. The number of aromatic nitrogens is 5. The van der Waals surface area contributed by atoms with E-state index < -0.39 is 0 Å². The van der Waals surface area contributed by atoms with Crippen molar-refractivity contribution in [2.75, 3.05) is 5.32 Å². The van der Waals surface area contributed by atoms with E-state index in [2.05, 4.69) is 25.4 Å². The molecule has 32 heavy (non-hydrogen) atoms. The summed E-state index contributed by atoms with van der Waals surface area (Å²) < 4.78 is 12.7. The predicted molar refractivity (Wildman–Crippen MR) is 118 cm³/mol. The molecule has 0 unspecified atom stereocenters. The quantitative estimate of drug-likeness (QED) is 0.481. The number of hydrogen-bond donors (Lipinski definition) is 1. The second kappa shape index (κ2) is 8.07. The molecule has 0 aliphatic heterocycles. The molecule has 0 bridgehead atoms. The van der Waals surface area contributed by atoms with E-state index in [9.17, 15) is 4.79 Å². The summed E-state index contributed by atoms with van der Waals surface area (Å²) in [5, 5.41) is 7.09. The van der Waals surface area contributed by atoms with Gasteiger partial charge in [0.1, 0.15) is 17.7 Å². The summed E-state index contributed by atoms with van der Waals surface area (Å²) >= 11 is 0. The maximum absolute atomic E-state index is 13.0. The number of amides is 1. The first-order valence-corrected chi connectivity index (χ1v) is 10.7. The number of nitrogens with one attached hydrogen (secondary N) is 1. The van der Waals surface area contributed by atoms with Crippen LogP contribution >= 0.6 is 0 Å². The smallest absolute Gasteiger partial charge is 0.274 e. The molecule has 1 saturated carbocycles. The van der Waals surface area contributed by atoms with E-state index >= 15 is 0 Å². The van der Waals surface area contributed by atoms with Gasteiger partial charge in [-0.05, 0) is 45.2 Å². The van der Waals surface area contributed by atoms with E-state index in [1.165, 1.54) is 12.6 Å². The largest absolute Gasteiger partial charge is 0.475 e. The summed E-state index contributed by atoms with van der Waals surface area (Å²) in [6.45, 7) is 5.78. The minimum absolute atomic E-state index is 0.00179. The number of nitrogens with zero attached hydrogens (tertiary/aromatic N) is 5. The normalized spacial score (nSPS) is 14.0. The predicted octanol–water partition coefficient (Wildman–Crippen LogP) is 4.39. The average molecular weight is 432 g/mol. The summed E-state index contributed by atoms with van der Waals surface area (Å²) in [4.78, 5) is 26.1. The molecule has 0 radical (unpaired) electrons. The van der Waals surface area contributed by atoms with Gasteiger partial charge in [-0.1, -0.05) is 23.7 Å². The van der Waals surface area contributed by atoms with Crippen LogP contribution in [0.4, 0.5) is 5.69 Å². The second-order valence-electron chi connectivity index (χ2n) is 8.33. The van der Waals surface area contributed by atoms with Crippen molar-refractivity contribution >= 4 is 17.2 Å². The van der Waals surface area contributed by atoms with Gasteiger partial charge < -0.3 is 14.6 Å². The van der Waals surface area contributed by atoms with E-state index in [1.807, 2.05) is 39.0 Å². The Morgan fingerprint density at radius 2 is 2.09 bits per heavy atom. The Labute approximate surface area is 184 Å². The lowest BCUT2D eigenvalue weighted by atomic mass is 9.85. The highest BCUT2D eigenvalue weighted by atomic mass is 16.5. The number of carbonyl (C=O) groups excluding carboxylic acids is 1. The minimum Gasteiger partial charge on any atom is -0.475 e. The first-order chi connectivity index (χ1) is 15.5. The van der Waals surface area contributed by atoms with Crippen molar-refractivity contribution in [3.05, 3.63) is 53.9 Å². The van der Waals surface area contributed by atoms with Gasteiger partial charge >= 0.3 is 0 Å². The monoisotopic (exact) mass is 432 g/mol. The van der Waals surface area contributed by atoms with E-state index in [0.29, 0.717) is 40.5 Å². The molecule has 0 spiro atoms. The van der Waals surface area contributed by atoms with Gasteiger partial charge in [-0.2, -0.15) is 4.98 Å². The van der Waals surface area contributed by atoms with Crippen molar-refractivity contribution in [2.24, 2.45) is 0 Å². The first-order valence-electron chi connectivity index (χ1n) is 10.7. The van der Waals surface area contributed by atoms with E-state index in [0.717, 1.165) is 24.0 Å². The zero-order chi connectivity index (χ0) is 22.2. The molecule has 3 heterocycles. The first kappa shape index (κ1) is 20.2. The van der Waals surface area contributed by atoms with Gasteiger partial charge in [-0.25, -0.2) is 9.97 Å². The van der Waals surface area contributed by atoms with Crippen LogP contribution in [0.5, 0.6) is 5.88 Å². The van der Waals surface area contributed by atoms with Crippen LogP contribution in [0.1, 0.15) is 61.0 Å². The number of ether oxygens (including phenoxy) is 1. The molecular weight excluding hydrogens is 408 g/mol. The lowest BCUT2D eigenvalue weighted by Crippen LogP contribution is -2.15. The molecule has 164 valence electrons. The fourth-order valence-electron chi connectivity index (χ4n) is 3.60. The van der Waals surface area contributed by atoms with Crippen molar-refractivity contribution in [1.82, 2.24) is 24.5 Å². The molecule has 1 N–H and O–H groups in total. The summed E-state index contributed by atoms with van der Waals surface area (Å²) in [5.41, 5.74) is 3.34. The van der Waals surface area contributed by atoms with Crippen LogP contribution in [-0.4, -0.2) is 36.5 Å². The van der Waals surface area contributed by atoms with Gasteiger partial charge in [0, 0.05) is 23.2 Å². The van der Waals surface area contributed by atoms with Crippen LogP contribution in [0.25, 0.3) is 17.0 Å². The van der Waals surface area contributed by atoms with Crippen LogP contribution in [0.15, 0.2) is 41.3 Å². The van der Waals surface area contributed by atoms with Crippen LogP contribution in [0.3, 0.4) is 0 Å². The number of fused-ring (bicyclic) bond motifs is 1. The zero-order valence-corrected chi connectivity index (χ0v) is 18.2. The molecule has 1 aromatic carbocycles. The fraction of sp³-hybridized carbons (Fsp3) is 0.348. The molecular formula is C23H24N6O3. The van der Waals surface area contributed by atoms with Gasteiger partial charge in [0.15, 0.2) is 0 Å². The molecule has 9 heteroatoms. The summed E-state index contributed by atoms with van der Waals surface area (Å²) in [6.07, 6.45) is 6.45. The van der Waals surface area contributed by atoms with Crippen LogP contribution in [0, 0.1) is 6.92 Å². The Hall–Kier alpha value is -3.75. The third kappa shape index (κ3) is 3.81. The van der Waals surface area contributed by atoms with Gasteiger partial charge in [0.2, 0.25) is 17.6 Å². The van der Waals surface area contributed by atoms with E-state index in [4.69, 9.17) is 9.26 Å². The maximum atomic E-state index is 13.0. The van der Waals surface area contributed by atoms with Crippen molar-refractivity contribution in [3.8, 4) is 17.3 Å². The molecule has 9 nitrogen and oxygen atoms in total. The van der Waals surface area contributed by atoms with Gasteiger partial charge in [0.05, 0.1) is 12.3 Å². The number of imidazole rings is 1. The molecule has 1 amide bonds. The third-order valence-electron chi connectivity index (χ3n) is 5.61. The maximum Gasteiger partial charge on any atom is 0.274 e. The SMILES string of the molecule is Cc1ccc(-c2noc(C3CCC3)n2)cc1NC(=O)c1cnc2cc(OC(C)C)ncn12. The molecule has 3 aromatic heterocycles. The lowest BCUT2D eigenvalue weighted by Gasteiger charge is -2.20. The molecule has 1 aliphatic rings. The Morgan fingerprint density at radius 1 is 1.25 bits per heavy atom. The zero-order valence-electron chi connectivity index (χ0n) is 18.2. The molecule has 4 aromatic rings. The minimum atomic E-state index is -0.291. The lowest BCUT2D eigenvalue weighted by molar-refractivity contribution is 0.102. The number of carbonyl (C=O) groups is 1. The third-order valence-corrected chi connectivity index (χ3v) is 5.61. The highest BCUT2D eigenvalue weighted by Gasteiger charge is 2.25. The number of hydrogen-bond acceptors (Lipinski definition) is 7. The molecule has 5 rings (SSSR count). The highest BCUT2D eigenvalue weighted by molar-refractivity contribution is 6.04. The van der Waals surface area contributed by atoms with Crippen molar-refractivity contribution in [3.63, 3.8) is 0 Å². The fourth-order valence-corrected chi connectivity index (χ4v) is 3.60. The Balaban J connectivity index is 1.38. The standard InChI is InChI=1S/C23H24N6O3/c1-13(2)31-20-10-19-24-11-18(29(19)12-25-20)22(30)26-17-9-16(8-7-14(17)3)21-27-23(32-28-21)15-5-4-6-15/h7-13,15H,4-6H2,1-3H3,(H,26,30). The summed E-state index contributed by atoms with van der Waals surface area (Å²) in [7, 11) is 0. The number of anilines is 1. The van der Waals surface area contributed by atoms with Crippen LogP contribution in [0.2, 0.25) is 0 Å². The summed E-state index contributed by atoms with van der Waals surface area (Å²) in [6, 6.07) is 7.42. The van der Waals surface area contributed by atoms with E-state index in [1.54, 1.807) is 16.8 Å². The summed E-state index contributed by atoms with van der Waals surface area (Å²) in [5.74, 6) is 1.77. The van der Waals surface area contributed by atoms with Crippen molar-refractivity contribution in [2.45, 2.75) is 52.1 Å². The molecule has 1 fully saturated rings. The molecule has 0 saturated heterocycles. The Bertz CT molecular complexity index is 1290. The van der Waals surface area contributed by atoms with Crippen molar-refractivity contribution in [1.29, 1.82) is 0 Å². The van der Waals surface area contributed by atoms with Gasteiger partial charge in [0.25, 0.3) is 5.91 Å². The Kier molecular flexibility index (Phi) is 5.08. The van der Waals surface area contributed by atoms with Crippen molar-refractivity contribution < 1.29 is 14.1 Å². The van der Waals surface area contributed by atoms with Gasteiger partial charge in [-0.15, -0.1) is 0 Å².